The number of rotatable bonds is 8. The Morgan fingerprint density at radius 2 is 1.89 bits per heavy atom. The molecule has 9 heteroatoms. The molecule has 0 spiro atoms. The van der Waals surface area contributed by atoms with Crippen LogP contribution in [-0.2, 0) is 28.7 Å². The van der Waals surface area contributed by atoms with Gasteiger partial charge < -0.3 is 14.7 Å². The number of carboxylic acids is 1. The lowest BCUT2D eigenvalue weighted by atomic mass is 10.0. The number of fused-ring (bicyclic) bond motifs is 1. The molecule has 1 N–H and O–H groups in total. The molecule has 2 saturated heterocycles. The van der Waals surface area contributed by atoms with Crippen molar-refractivity contribution in [2.75, 3.05) is 42.6 Å². The van der Waals surface area contributed by atoms with Crippen LogP contribution in [0.25, 0.3) is 11.3 Å². The number of carboxylic acid groups (broad SMARTS) is 1. The van der Waals surface area contributed by atoms with Gasteiger partial charge in [0.2, 0.25) is 0 Å². The molecule has 7 nitrogen and oxygen atoms in total. The fourth-order valence-electron chi connectivity index (χ4n) is 5.82. The molecule has 0 bridgehead atoms. The smallest absolute Gasteiger partial charge is 0.307 e. The van der Waals surface area contributed by atoms with Gasteiger partial charge in [-0.15, -0.1) is 11.3 Å². The van der Waals surface area contributed by atoms with Gasteiger partial charge in [-0.2, -0.15) is 0 Å². The zero-order chi connectivity index (χ0) is 26.4. The molecule has 3 aliphatic rings. The van der Waals surface area contributed by atoms with Crippen LogP contribution in [0.3, 0.4) is 0 Å². The summed E-state index contributed by atoms with van der Waals surface area (Å²) in [4.78, 5) is 20.8. The van der Waals surface area contributed by atoms with Gasteiger partial charge in [0.25, 0.3) is 0 Å². The second kappa shape index (κ2) is 10.4. The molecule has 1 aromatic heterocycles. The van der Waals surface area contributed by atoms with E-state index in [-0.39, 0.29) is 17.8 Å². The lowest BCUT2D eigenvalue weighted by Gasteiger charge is -2.26. The molecule has 2 aliphatic heterocycles. The Bertz CT molecular complexity index is 1370. The number of thiazole rings is 1. The van der Waals surface area contributed by atoms with Gasteiger partial charge in [-0.25, -0.2) is 4.98 Å². The van der Waals surface area contributed by atoms with E-state index in [0.29, 0.717) is 6.61 Å². The van der Waals surface area contributed by atoms with E-state index >= 15 is 0 Å². The van der Waals surface area contributed by atoms with Crippen LogP contribution in [0.15, 0.2) is 41.8 Å². The van der Waals surface area contributed by atoms with Crippen LogP contribution in [0.2, 0.25) is 0 Å². The second-order valence-corrected chi connectivity index (χ2v) is 13.3. The van der Waals surface area contributed by atoms with Crippen LogP contribution in [0.1, 0.15) is 22.3 Å². The molecule has 3 fully saturated rings. The summed E-state index contributed by atoms with van der Waals surface area (Å²) in [5, 5.41) is 12.3. The van der Waals surface area contributed by atoms with Gasteiger partial charge in [0, 0.05) is 66.0 Å². The van der Waals surface area contributed by atoms with Gasteiger partial charge in [-0.1, -0.05) is 29.8 Å². The van der Waals surface area contributed by atoms with Crippen LogP contribution in [-0.4, -0.2) is 62.9 Å². The first-order valence-corrected chi connectivity index (χ1v) is 15.6. The molecule has 3 aromatic rings. The maximum absolute atomic E-state index is 11.6. The summed E-state index contributed by atoms with van der Waals surface area (Å²) in [6, 6.07) is 12.8. The van der Waals surface area contributed by atoms with Gasteiger partial charge in [0.15, 0.2) is 5.13 Å². The average molecular weight is 552 g/mol. The number of ether oxygens (including phenoxy) is 1. The van der Waals surface area contributed by atoms with Crippen LogP contribution < -0.4 is 9.64 Å². The van der Waals surface area contributed by atoms with Crippen LogP contribution in [0.5, 0.6) is 5.75 Å². The van der Waals surface area contributed by atoms with Crippen molar-refractivity contribution in [3.8, 4) is 17.0 Å². The number of hydrogen-bond acceptors (Lipinski definition) is 7. The zero-order valence-corrected chi connectivity index (χ0v) is 23.4. The molecule has 200 valence electrons. The van der Waals surface area contributed by atoms with Crippen molar-refractivity contribution in [2.45, 2.75) is 27.0 Å². The third-order valence-electron chi connectivity index (χ3n) is 8.12. The number of hydrogen-bond donors (Lipinski definition) is 1. The normalized spacial score (nSPS) is 23.4. The molecule has 2 atom stereocenters. The molecular weight excluding hydrogens is 518 g/mol. The van der Waals surface area contributed by atoms with Crippen molar-refractivity contribution in [3.63, 3.8) is 0 Å². The molecule has 2 unspecified atom stereocenters. The molecular formula is C29H33N3O4S2. The Morgan fingerprint density at radius 1 is 1.13 bits per heavy atom. The second-order valence-electron chi connectivity index (χ2n) is 10.8. The number of benzene rings is 2. The highest BCUT2D eigenvalue weighted by molar-refractivity contribution is 7.85. The zero-order valence-electron chi connectivity index (χ0n) is 21.8. The quantitative estimate of drug-likeness (QED) is 0.446. The average Bonchev–Trinajstić information content (AvgIpc) is 3.22. The highest BCUT2D eigenvalue weighted by Crippen LogP contribution is 2.53. The predicted molar refractivity (Wildman–Crippen MR) is 151 cm³/mol. The number of nitrogens with zero attached hydrogens (tertiary/aromatic N) is 3. The largest absolute Gasteiger partial charge is 0.488 e. The van der Waals surface area contributed by atoms with E-state index in [1.54, 1.807) is 11.3 Å². The van der Waals surface area contributed by atoms with E-state index in [4.69, 9.17) is 9.72 Å². The van der Waals surface area contributed by atoms with Gasteiger partial charge in [0.05, 0.1) is 11.6 Å². The summed E-state index contributed by atoms with van der Waals surface area (Å²) < 4.78 is 18.0. The fraction of sp³-hybridized carbons (Fsp3) is 0.448. The van der Waals surface area contributed by atoms with Crippen molar-refractivity contribution in [1.82, 2.24) is 9.88 Å². The maximum atomic E-state index is 11.6. The van der Waals surface area contributed by atoms with Crippen molar-refractivity contribution in [2.24, 2.45) is 17.8 Å². The van der Waals surface area contributed by atoms with E-state index in [0.717, 1.165) is 77.5 Å². The monoisotopic (exact) mass is 551 g/mol. The van der Waals surface area contributed by atoms with Crippen molar-refractivity contribution >= 4 is 33.2 Å². The molecule has 0 amide bonds. The van der Waals surface area contributed by atoms with E-state index in [9.17, 15) is 14.1 Å². The number of aliphatic carboxylic acids is 1. The predicted octanol–water partition coefficient (Wildman–Crippen LogP) is 4.34. The lowest BCUT2D eigenvalue weighted by Crippen LogP contribution is -2.37. The SMILES string of the molecule is Cc1ccc(OCc2ccc(CN3CCS(=O)CC3)cc2C)c(-c2csc(N3CC4C(C3)C4C(=O)O)n2)c1. The Morgan fingerprint density at radius 3 is 2.61 bits per heavy atom. The third kappa shape index (κ3) is 5.24. The lowest BCUT2D eigenvalue weighted by molar-refractivity contribution is -0.139. The molecule has 2 aromatic carbocycles. The third-order valence-corrected chi connectivity index (χ3v) is 10.3. The van der Waals surface area contributed by atoms with Gasteiger partial charge in [-0.3, -0.25) is 13.9 Å². The van der Waals surface area contributed by atoms with Crippen LogP contribution in [0, 0.1) is 31.6 Å². The van der Waals surface area contributed by atoms with E-state index in [1.807, 2.05) is 6.07 Å². The number of aryl methyl sites for hydroxylation is 2. The molecule has 1 aliphatic carbocycles. The number of anilines is 1. The Hall–Kier alpha value is -2.75. The van der Waals surface area contributed by atoms with E-state index in [2.05, 4.69) is 59.4 Å². The van der Waals surface area contributed by atoms with Crippen molar-refractivity contribution in [3.05, 3.63) is 64.0 Å². The summed E-state index contributed by atoms with van der Waals surface area (Å²) in [5.74, 6) is 2.05. The summed E-state index contributed by atoms with van der Waals surface area (Å²) in [5.41, 5.74) is 6.67. The summed E-state index contributed by atoms with van der Waals surface area (Å²) >= 11 is 1.61. The summed E-state index contributed by atoms with van der Waals surface area (Å²) in [6.07, 6.45) is 0. The molecule has 6 rings (SSSR count). The topological polar surface area (TPSA) is 83.0 Å². The Labute approximate surface area is 229 Å². The van der Waals surface area contributed by atoms with Crippen molar-refractivity contribution < 1.29 is 18.8 Å². The number of aromatic nitrogens is 1. The minimum absolute atomic E-state index is 0.170. The van der Waals surface area contributed by atoms with Crippen LogP contribution in [0.4, 0.5) is 5.13 Å². The van der Waals surface area contributed by atoms with Gasteiger partial charge in [-0.05, 0) is 54.5 Å². The first-order chi connectivity index (χ1) is 18.4. The highest BCUT2D eigenvalue weighted by Gasteiger charge is 2.60. The molecule has 1 saturated carbocycles. The van der Waals surface area contributed by atoms with Crippen molar-refractivity contribution in [1.29, 1.82) is 0 Å². The van der Waals surface area contributed by atoms with Gasteiger partial charge in [0.1, 0.15) is 12.4 Å². The minimum Gasteiger partial charge on any atom is -0.488 e. The summed E-state index contributed by atoms with van der Waals surface area (Å²) in [7, 11) is -0.652. The first-order valence-electron chi connectivity index (χ1n) is 13.2. The molecule has 0 radical (unpaired) electrons. The van der Waals surface area contributed by atoms with Gasteiger partial charge >= 0.3 is 5.97 Å². The van der Waals surface area contributed by atoms with Crippen LogP contribution >= 0.6 is 11.3 Å². The Kier molecular flexibility index (Phi) is 7.01. The molecule has 38 heavy (non-hydrogen) atoms. The first kappa shape index (κ1) is 25.5. The Balaban J connectivity index is 1.12. The number of carbonyl (C=O) groups is 1. The fourth-order valence-corrected chi connectivity index (χ4v) is 7.79. The standard InChI is InChI=1S/C29H33N3O4S2/c1-18-3-6-26(36-16-21-5-4-20(12-19(21)2)13-31-7-9-38(35)10-8-31)22(11-18)25-17-37-29(30-25)32-14-23-24(15-32)27(23)28(33)34/h3-6,11-12,17,23-24,27H,7-10,13-16H2,1-2H3,(H,33,34). The molecule has 3 heterocycles. The highest BCUT2D eigenvalue weighted by atomic mass is 32.2. The number of piperidine rings is 1. The van der Waals surface area contributed by atoms with E-state index < -0.39 is 16.8 Å². The maximum Gasteiger partial charge on any atom is 0.307 e. The minimum atomic E-state index is -0.660. The van der Waals surface area contributed by atoms with E-state index in [1.165, 1.54) is 11.1 Å². The summed E-state index contributed by atoms with van der Waals surface area (Å²) in [6.45, 7) is 8.92.